The molecule has 1 aliphatic rings. The number of hydrogen-bond donors (Lipinski definition) is 3. The molecule has 8 bridgehead atoms. The molecule has 0 radical (unpaired) electrons. The number of phenols is 3. The molecule has 3 N–H and O–H groups in total. The van der Waals surface area contributed by atoms with Crippen molar-refractivity contribution in [3.63, 3.8) is 0 Å². The molecule has 0 unspecified atom stereocenters. The molecule has 4 aromatic rings. The smallest absolute Gasteiger partial charge is 0.122 e. The number of benzene rings is 4. The fourth-order valence-electron chi connectivity index (χ4n) is 4.53. The SMILES string of the molecule is [O-]c1c2cccc1Cc1cccc(c1O)Cc1cccc(c1O)Cc1cccc(c1O)C2. The van der Waals surface area contributed by atoms with E-state index in [9.17, 15) is 20.4 Å². The van der Waals surface area contributed by atoms with Crippen molar-refractivity contribution in [3.05, 3.63) is 117 Å². The third kappa shape index (κ3) is 3.54. The zero-order chi connectivity index (χ0) is 22.2. The predicted molar refractivity (Wildman–Crippen MR) is 121 cm³/mol. The highest BCUT2D eigenvalue weighted by Crippen LogP contribution is 2.36. The highest BCUT2D eigenvalue weighted by molar-refractivity contribution is 5.54. The van der Waals surface area contributed by atoms with E-state index >= 15 is 0 Å². The first-order valence-electron chi connectivity index (χ1n) is 10.7. The van der Waals surface area contributed by atoms with Gasteiger partial charge in [0.1, 0.15) is 17.2 Å². The van der Waals surface area contributed by atoms with Crippen molar-refractivity contribution >= 4 is 0 Å². The van der Waals surface area contributed by atoms with E-state index in [1.165, 1.54) is 0 Å². The van der Waals surface area contributed by atoms with E-state index in [0.717, 1.165) is 0 Å². The molecular weight excluding hydrogens is 400 g/mol. The number of phenolic OH excluding ortho intramolecular Hbond substituents is 3. The van der Waals surface area contributed by atoms with Crippen LogP contribution in [0.3, 0.4) is 0 Å². The monoisotopic (exact) mass is 423 g/mol. The number of fused-ring (bicyclic) bond motifs is 8. The van der Waals surface area contributed by atoms with Crippen molar-refractivity contribution in [2.75, 3.05) is 0 Å². The Labute approximate surface area is 186 Å². The van der Waals surface area contributed by atoms with Crippen molar-refractivity contribution in [1.82, 2.24) is 0 Å². The molecule has 4 nitrogen and oxygen atoms in total. The normalized spacial score (nSPS) is 13.0. The maximum Gasteiger partial charge on any atom is 0.122 e. The molecule has 0 aliphatic heterocycles. The van der Waals surface area contributed by atoms with E-state index < -0.39 is 0 Å². The van der Waals surface area contributed by atoms with Gasteiger partial charge in [0, 0.05) is 25.7 Å². The van der Waals surface area contributed by atoms with Crippen LogP contribution in [-0.4, -0.2) is 15.3 Å². The van der Waals surface area contributed by atoms with Gasteiger partial charge in [-0.05, 0) is 33.4 Å². The summed E-state index contributed by atoms with van der Waals surface area (Å²) in [4.78, 5) is 0. The van der Waals surface area contributed by atoms with Gasteiger partial charge in [-0.25, -0.2) is 0 Å². The van der Waals surface area contributed by atoms with Crippen molar-refractivity contribution in [1.29, 1.82) is 0 Å². The molecule has 0 fully saturated rings. The summed E-state index contributed by atoms with van der Waals surface area (Å²) in [6.45, 7) is 0. The fourth-order valence-corrected chi connectivity index (χ4v) is 4.53. The van der Waals surface area contributed by atoms with Gasteiger partial charge < -0.3 is 20.4 Å². The molecule has 4 aromatic carbocycles. The summed E-state index contributed by atoms with van der Waals surface area (Å²) in [5, 5.41) is 46.0. The van der Waals surface area contributed by atoms with Gasteiger partial charge in [0.05, 0.1) is 0 Å². The Morgan fingerprint density at radius 3 is 0.906 bits per heavy atom. The summed E-state index contributed by atoms with van der Waals surface area (Å²) in [5.74, 6) is 0.396. The number of aromatic hydroxyl groups is 3. The minimum atomic E-state index is -0.0722. The first kappa shape index (κ1) is 20.0. The van der Waals surface area contributed by atoms with Gasteiger partial charge in [0.15, 0.2) is 0 Å². The Bertz CT molecular complexity index is 1040. The van der Waals surface area contributed by atoms with Gasteiger partial charge in [0.25, 0.3) is 0 Å². The molecule has 1 aliphatic carbocycles. The van der Waals surface area contributed by atoms with Crippen LogP contribution >= 0.6 is 0 Å². The molecule has 160 valence electrons. The average Bonchev–Trinajstić information content (AvgIpc) is 2.78. The summed E-state index contributed by atoms with van der Waals surface area (Å²) in [5.41, 5.74) is 5.32. The van der Waals surface area contributed by atoms with Crippen LogP contribution in [0.5, 0.6) is 23.0 Å². The van der Waals surface area contributed by atoms with E-state index in [2.05, 4.69) is 0 Å². The molecule has 0 amide bonds. The summed E-state index contributed by atoms with van der Waals surface area (Å²) in [6.07, 6.45) is 1.33. The first-order valence-corrected chi connectivity index (χ1v) is 10.7. The molecule has 0 aromatic heterocycles. The van der Waals surface area contributed by atoms with Crippen molar-refractivity contribution in [2.24, 2.45) is 0 Å². The fraction of sp³-hybridized carbons (Fsp3) is 0.143. The van der Waals surface area contributed by atoms with Crippen LogP contribution in [-0.2, 0) is 25.7 Å². The molecule has 4 heteroatoms. The quantitative estimate of drug-likeness (QED) is 0.341. The Kier molecular flexibility index (Phi) is 4.98. The largest absolute Gasteiger partial charge is 0.872 e. The lowest BCUT2D eigenvalue weighted by atomic mass is 9.91. The summed E-state index contributed by atoms with van der Waals surface area (Å²) >= 11 is 0. The van der Waals surface area contributed by atoms with Gasteiger partial charge in [-0.3, -0.25) is 0 Å². The second-order valence-electron chi connectivity index (χ2n) is 8.39. The van der Waals surface area contributed by atoms with Gasteiger partial charge >= 0.3 is 0 Å². The Morgan fingerprint density at radius 2 is 0.625 bits per heavy atom. The van der Waals surface area contributed by atoms with E-state index in [1.807, 2.05) is 60.7 Å². The molecule has 0 spiro atoms. The lowest BCUT2D eigenvalue weighted by Crippen LogP contribution is -2.05. The number of para-hydroxylation sites is 4. The van der Waals surface area contributed by atoms with E-state index in [-0.39, 0.29) is 23.0 Å². The zero-order valence-electron chi connectivity index (χ0n) is 17.5. The Morgan fingerprint density at radius 1 is 0.406 bits per heavy atom. The number of hydrogen-bond acceptors (Lipinski definition) is 4. The molecule has 32 heavy (non-hydrogen) atoms. The molecule has 0 heterocycles. The average molecular weight is 423 g/mol. The second kappa shape index (κ2) is 7.97. The zero-order valence-corrected chi connectivity index (χ0v) is 17.5. The molecule has 0 saturated heterocycles. The standard InChI is InChI=1S/C28H24O4/c29-25-17-5-1-6-18(25)14-20-8-3-10-22(27(20)31)16-24-12-4-11-23(28(24)32)15-21-9-2-7-19(13-17)26(21)30/h1-12,29-32H,13-16H2/p-1. The van der Waals surface area contributed by atoms with Crippen LogP contribution in [0.4, 0.5) is 0 Å². The molecule has 0 atom stereocenters. The third-order valence-corrected chi connectivity index (χ3v) is 6.31. The number of rotatable bonds is 0. The minimum absolute atomic E-state index is 0.0722. The van der Waals surface area contributed by atoms with Crippen molar-refractivity contribution < 1.29 is 20.4 Å². The van der Waals surface area contributed by atoms with Gasteiger partial charge in [0.2, 0.25) is 0 Å². The second-order valence-corrected chi connectivity index (χ2v) is 8.39. The van der Waals surface area contributed by atoms with Crippen LogP contribution in [0.15, 0.2) is 72.8 Å². The topological polar surface area (TPSA) is 83.8 Å². The van der Waals surface area contributed by atoms with Crippen LogP contribution in [0.2, 0.25) is 0 Å². The van der Waals surface area contributed by atoms with Crippen LogP contribution in [0.25, 0.3) is 0 Å². The van der Waals surface area contributed by atoms with Crippen LogP contribution in [0, 0.1) is 0 Å². The van der Waals surface area contributed by atoms with Gasteiger partial charge in [-0.1, -0.05) is 83.9 Å². The molecule has 0 saturated carbocycles. The lowest BCUT2D eigenvalue weighted by molar-refractivity contribution is -0.270. The van der Waals surface area contributed by atoms with Crippen LogP contribution in [0.1, 0.15) is 44.5 Å². The summed E-state index contributed by atoms with van der Waals surface area (Å²) in [6, 6.07) is 22.0. The maximum absolute atomic E-state index is 13.2. The third-order valence-electron chi connectivity index (χ3n) is 6.31. The minimum Gasteiger partial charge on any atom is -0.872 e. The Balaban J connectivity index is 1.71. The van der Waals surface area contributed by atoms with E-state index in [4.69, 9.17) is 0 Å². The highest BCUT2D eigenvalue weighted by atomic mass is 16.3. The maximum atomic E-state index is 13.2. The summed E-state index contributed by atoms with van der Waals surface area (Å²) in [7, 11) is 0. The van der Waals surface area contributed by atoms with Crippen LogP contribution < -0.4 is 5.11 Å². The highest BCUT2D eigenvalue weighted by Gasteiger charge is 2.16. The summed E-state index contributed by atoms with van der Waals surface area (Å²) < 4.78 is 0. The lowest BCUT2D eigenvalue weighted by Gasteiger charge is -2.21. The van der Waals surface area contributed by atoms with Gasteiger partial charge in [-0.2, -0.15) is 0 Å². The van der Waals surface area contributed by atoms with E-state index in [0.29, 0.717) is 70.2 Å². The molecular formula is C28H23O4-. The van der Waals surface area contributed by atoms with Crippen molar-refractivity contribution in [3.8, 4) is 23.0 Å². The van der Waals surface area contributed by atoms with E-state index in [1.54, 1.807) is 12.1 Å². The Hall–Kier alpha value is -3.92. The molecule has 5 rings (SSSR count). The first-order chi connectivity index (χ1) is 15.5. The van der Waals surface area contributed by atoms with Gasteiger partial charge in [-0.15, -0.1) is 5.75 Å². The predicted octanol–water partition coefficient (Wildman–Crippen LogP) is 4.55. The van der Waals surface area contributed by atoms with Crippen molar-refractivity contribution in [2.45, 2.75) is 25.7 Å².